The van der Waals surface area contributed by atoms with Crippen LogP contribution in [0.15, 0.2) is 71.3 Å². The minimum absolute atomic E-state index is 0.146. The molecule has 0 aliphatic carbocycles. The number of para-hydroxylation sites is 1. The third kappa shape index (κ3) is 5.19. The van der Waals surface area contributed by atoms with Crippen LogP contribution in [0.1, 0.15) is 20.9 Å². The highest BCUT2D eigenvalue weighted by atomic mass is 16.6. The van der Waals surface area contributed by atoms with Gasteiger partial charge in [0.15, 0.2) is 5.76 Å². The van der Waals surface area contributed by atoms with E-state index in [1.165, 1.54) is 30.5 Å². The van der Waals surface area contributed by atoms with E-state index in [0.717, 1.165) is 0 Å². The van der Waals surface area contributed by atoms with Crippen molar-refractivity contribution < 1.29 is 18.9 Å². The topological polar surface area (TPSA) is 127 Å². The quantitative estimate of drug-likeness (QED) is 0.306. The van der Waals surface area contributed by atoms with Crippen LogP contribution in [-0.4, -0.2) is 29.8 Å². The predicted octanol–water partition coefficient (Wildman–Crippen LogP) is 3.09. The molecule has 3 N–H and O–H groups in total. The zero-order valence-corrected chi connectivity index (χ0v) is 15.3. The summed E-state index contributed by atoms with van der Waals surface area (Å²) < 4.78 is 4.96. The number of carbonyl (C=O) groups is 2. The van der Waals surface area contributed by atoms with Crippen molar-refractivity contribution in [1.29, 1.82) is 0 Å². The number of hydrogen-bond donors (Lipinski definition) is 3. The number of nitrogens with zero attached hydrogens (tertiary/aromatic N) is 1. The molecule has 1 aromatic heterocycles. The number of amides is 2. The highest BCUT2D eigenvalue weighted by molar-refractivity contribution is 5.96. The molecular weight excluding hydrogens is 376 g/mol. The maximum atomic E-state index is 12.3. The molecule has 9 nitrogen and oxygen atoms in total. The second-order valence-corrected chi connectivity index (χ2v) is 5.97. The second kappa shape index (κ2) is 9.18. The van der Waals surface area contributed by atoms with Gasteiger partial charge in [-0.2, -0.15) is 0 Å². The largest absolute Gasteiger partial charge is 0.459 e. The van der Waals surface area contributed by atoms with Crippen molar-refractivity contribution in [2.24, 2.45) is 0 Å². The Labute approximate surface area is 165 Å². The molecule has 148 valence electrons. The van der Waals surface area contributed by atoms with Crippen molar-refractivity contribution in [2.45, 2.75) is 0 Å². The van der Waals surface area contributed by atoms with E-state index in [2.05, 4.69) is 16.0 Å². The molecular formula is C20H18N4O5. The Morgan fingerprint density at radius 3 is 2.31 bits per heavy atom. The summed E-state index contributed by atoms with van der Waals surface area (Å²) in [6.45, 7) is 0.337. The van der Waals surface area contributed by atoms with E-state index in [9.17, 15) is 19.7 Å². The fourth-order valence-electron chi connectivity index (χ4n) is 2.56. The smallest absolute Gasteiger partial charge is 0.293 e. The average Bonchev–Trinajstić information content (AvgIpc) is 3.27. The molecule has 0 unspecified atom stereocenters. The molecule has 3 rings (SSSR count). The number of hydrogen-bond acceptors (Lipinski definition) is 6. The van der Waals surface area contributed by atoms with Crippen LogP contribution in [0.2, 0.25) is 0 Å². The van der Waals surface area contributed by atoms with E-state index >= 15 is 0 Å². The maximum Gasteiger partial charge on any atom is 0.293 e. The first-order valence-electron chi connectivity index (χ1n) is 8.75. The van der Waals surface area contributed by atoms with Crippen LogP contribution in [0.4, 0.5) is 17.1 Å². The molecule has 3 aromatic rings. The van der Waals surface area contributed by atoms with Crippen molar-refractivity contribution in [3.8, 4) is 0 Å². The molecule has 0 aliphatic rings. The van der Waals surface area contributed by atoms with Crippen LogP contribution in [0, 0.1) is 10.1 Å². The Hall–Kier alpha value is -4.14. The molecule has 0 fully saturated rings. The number of furan rings is 1. The van der Waals surface area contributed by atoms with Gasteiger partial charge >= 0.3 is 0 Å². The van der Waals surface area contributed by atoms with E-state index < -0.39 is 16.7 Å². The van der Waals surface area contributed by atoms with Gasteiger partial charge in [0.25, 0.3) is 17.5 Å². The van der Waals surface area contributed by atoms with E-state index in [1.54, 1.807) is 30.3 Å². The van der Waals surface area contributed by atoms with E-state index in [1.807, 2.05) is 6.07 Å². The minimum Gasteiger partial charge on any atom is -0.459 e. The van der Waals surface area contributed by atoms with Gasteiger partial charge in [0, 0.05) is 30.4 Å². The molecule has 2 amide bonds. The zero-order valence-electron chi connectivity index (χ0n) is 15.3. The summed E-state index contributed by atoms with van der Waals surface area (Å²) in [6, 6.07) is 16.3. The van der Waals surface area contributed by atoms with Gasteiger partial charge in [0.05, 0.1) is 11.2 Å². The third-order valence-electron chi connectivity index (χ3n) is 3.95. The van der Waals surface area contributed by atoms with Crippen LogP contribution in [0.25, 0.3) is 0 Å². The summed E-state index contributed by atoms with van der Waals surface area (Å²) in [5.41, 5.74) is 0.906. The van der Waals surface area contributed by atoms with Gasteiger partial charge in [-0.15, -0.1) is 0 Å². The standard InChI is InChI=1S/C20H18N4O5/c25-19(21-10-11-22-20(26)18-7-4-12-29-18)14-8-9-16(17(13-14)24(27)28)23-15-5-2-1-3-6-15/h1-9,12-13,23H,10-11H2,(H,21,25)(H,22,26). The number of anilines is 2. The fourth-order valence-corrected chi connectivity index (χ4v) is 2.56. The molecule has 9 heteroatoms. The van der Waals surface area contributed by atoms with Crippen LogP contribution >= 0.6 is 0 Å². The molecule has 2 aromatic carbocycles. The summed E-state index contributed by atoms with van der Waals surface area (Å²) in [5.74, 6) is -0.698. The lowest BCUT2D eigenvalue weighted by molar-refractivity contribution is -0.383. The van der Waals surface area contributed by atoms with Crippen molar-refractivity contribution in [2.75, 3.05) is 18.4 Å². The SMILES string of the molecule is O=C(NCCNC(=O)c1ccco1)c1ccc(Nc2ccccc2)c([N+](=O)[O-])c1. The monoisotopic (exact) mass is 394 g/mol. The average molecular weight is 394 g/mol. The van der Waals surface area contributed by atoms with E-state index in [0.29, 0.717) is 5.69 Å². The van der Waals surface area contributed by atoms with Gasteiger partial charge < -0.3 is 20.4 Å². The summed E-state index contributed by atoms with van der Waals surface area (Å²) >= 11 is 0. The van der Waals surface area contributed by atoms with Crippen molar-refractivity contribution in [1.82, 2.24) is 10.6 Å². The number of nitrogens with one attached hydrogen (secondary N) is 3. The summed E-state index contributed by atoms with van der Waals surface area (Å²) in [4.78, 5) is 34.9. The highest BCUT2D eigenvalue weighted by Crippen LogP contribution is 2.28. The maximum absolute atomic E-state index is 12.3. The number of benzene rings is 2. The number of rotatable bonds is 8. The second-order valence-electron chi connectivity index (χ2n) is 5.97. The van der Waals surface area contributed by atoms with Gasteiger partial charge in [0.2, 0.25) is 0 Å². The van der Waals surface area contributed by atoms with Gasteiger partial charge in [-0.3, -0.25) is 19.7 Å². The number of nitro groups is 1. The first-order chi connectivity index (χ1) is 14.0. The molecule has 0 spiro atoms. The number of carbonyl (C=O) groups excluding carboxylic acids is 2. The first-order valence-corrected chi connectivity index (χ1v) is 8.75. The summed E-state index contributed by atoms with van der Waals surface area (Å²) in [5, 5.41) is 19.6. The number of nitro benzene ring substituents is 1. The molecule has 29 heavy (non-hydrogen) atoms. The van der Waals surface area contributed by atoms with Gasteiger partial charge in [-0.25, -0.2) is 0 Å². The molecule has 0 saturated carbocycles. The van der Waals surface area contributed by atoms with Crippen molar-refractivity contribution in [3.63, 3.8) is 0 Å². The van der Waals surface area contributed by atoms with Crippen LogP contribution < -0.4 is 16.0 Å². The predicted molar refractivity (Wildman–Crippen MR) is 106 cm³/mol. The van der Waals surface area contributed by atoms with Crippen molar-refractivity contribution >= 4 is 28.9 Å². The molecule has 0 aliphatic heterocycles. The Bertz CT molecular complexity index is 1000. The molecule has 0 bridgehead atoms. The van der Waals surface area contributed by atoms with Crippen LogP contribution in [-0.2, 0) is 0 Å². The molecule has 0 radical (unpaired) electrons. The highest BCUT2D eigenvalue weighted by Gasteiger charge is 2.18. The molecule has 1 heterocycles. The lowest BCUT2D eigenvalue weighted by Crippen LogP contribution is -2.34. The van der Waals surface area contributed by atoms with Crippen LogP contribution in [0.5, 0.6) is 0 Å². The van der Waals surface area contributed by atoms with Crippen molar-refractivity contribution in [3.05, 3.63) is 88.4 Å². The first kappa shape index (κ1) is 19.6. The Morgan fingerprint density at radius 1 is 0.931 bits per heavy atom. The lowest BCUT2D eigenvalue weighted by Gasteiger charge is -2.09. The normalized spacial score (nSPS) is 10.2. The van der Waals surface area contributed by atoms with Gasteiger partial charge in [-0.1, -0.05) is 18.2 Å². The third-order valence-corrected chi connectivity index (χ3v) is 3.95. The minimum atomic E-state index is -0.550. The summed E-state index contributed by atoms with van der Waals surface area (Å²) in [7, 11) is 0. The Kier molecular flexibility index (Phi) is 6.21. The fraction of sp³-hybridized carbons (Fsp3) is 0.100. The Morgan fingerprint density at radius 2 is 1.66 bits per heavy atom. The van der Waals surface area contributed by atoms with Crippen LogP contribution in [0.3, 0.4) is 0 Å². The molecule has 0 saturated heterocycles. The zero-order chi connectivity index (χ0) is 20.6. The van der Waals surface area contributed by atoms with Gasteiger partial charge in [-0.05, 0) is 36.4 Å². The van der Waals surface area contributed by atoms with E-state index in [4.69, 9.17) is 4.42 Å². The molecule has 0 atom stereocenters. The summed E-state index contributed by atoms with van der Waals surface area (Å²) in [6.07, 6.45) is 1.39. The van der Waals surface area contributed by atoms with Gasteiger partial charge in [0.1, 0.15) is 5.69 Å². The van der Waals surface area contributed by atoms with E-state index in [-0.39, 0.29) is 35.8 Å². The lowest BCUT2D eigenvalue weighted by atomic mass is 10.1. The Balaban J connectivity index is 1.59.